The largest absolute Gasteiger partial charge is 0.422 e. The van der Waals surface area contributed by atoms with Crippen LogP contribution in [-0.2, 0) is 11.2 Å². The summed E-state index contributed by atoms with van der Waals surface area (Å²) in [6.45, 7) is 0. The van der Waals surface area contributed by atoms with E-state index in [9.17, 15) is 13.6 Å². The zero-order valence-corrected chi connectivity index (χ0v) is 6.59. The van der Waals surface area contributed by atoms with Crippen LogP contribution in [-0.4, -0.2) is 11.9 Å². The summed E-state index contributed by atoms with van der Waals surface area (Å²) in [6.07, 6.45) is -0.567. The minimum Gasteiger partial charge on any atom is -0.422 e. The zero-order valence-electron chi connectivity index (χ0n) is 6.59. The molecule has 68 valence electrons. The van der Waals surface area contributed by atoms with E-state index in [2.05, 4.69) is 4.74 Å². The number of fused-ring (bicyclic) bond motifs is 1. The van der Waals surface area contributed by atoms with Crippen molar-refractivity contribution >= 4 is 5.97 Å². The predicted octanol–water partition coefficient (Wildman–Crippen LogP) is 1.78. The molecule has 0 fully saturated rings. The topological polar surface area (TPSA) is 26.3 Å². The van der Waals surface area contributed by atoms with Gasteiger partial charge in [-0.25, -0.2) is 4.79 Å². The lowest BCUT2D eigenvalue weighted by molar-refractivity contribution is -0.163. The number of halogens is 2. The minimum atomic E-state index is -3.38. The molecular formula is C9H6F2O2. The van der Waals surface area contributed by atoms with Gasteiger partial charge in [-0.1, -0.05) is 18.2 Å². The molecule has 2 nitrogen and oxygen atoms in total. The van der Waals surface area contributed by atoms with Crippen molar-refractivity contribution in [2.24, 2.45) is 0 Å². The first-order valence-corrected chi connectivity index (χ1v) is 3.77. The molecule has 1 heterocycles. The smallest absolute Gasteiger partial charge is 0.382 e. The molecule has 0 aliphatic carbocycles. The molecule has 1 aliphatic rings. The molecule has 0 bridgehead atoms. The molecule has 0 saturated carbocycles. The molecular weight excluding hydrogens is 178 g/mol. The van der Waals surface area contributed by atoms with Crippen molar-refractivity contribution in [2.75, 3.05) is 0 Å². The van der Waals surface area contributed by atoms with Gasteiger partial charge in [-0.3, -0.25) is 0 Å². The summed E-state index contributed by atoms with van der Waals surface area (Å²) in [5, 5.41) is 0. The summed E-state index contributed by atoms with van der Waals surface area (Å²) in [6, 6.07) is 6.29. The van der Waals surface area contributed by atoms with Gasteiger partial charge < -0.3 is 4.74 Å². The Morgan fingerprint density at radius 3 is 2.77 bits per heavy atom. The molecule has 0 aromatic heterocycles. The second kappa shape index (κ2) is 2.52. The molecule has 0 radical (unpaired) electrons. The van der Waals surface area contributed by atoms with Crippen LogP contribution in [0.4, 0.5) is 8.78 Å². The molecule has 1 aliphatic heterocycles. The minimum absolute atomic E-state index is 0.235. The van der Waals surface area contributed by atoms with Gasteiger partial charge in [0, 0.05) is 5.56 Å². The number of alkyl halides is 2. The van der Waals surface area contributed by atoms with E-state index < -0.39 is 18.3 Å². The molecule has 2 rings (SSSR count). The Balaban J connectivity index is 2.44. The Bertz CT molecular complexity index is 360. The first-order valence-electron chi connectivity index (χ1n) is 3.77. The van der Waals surface area contributed by atoms with Crippen LogP contribution in [0.2, 0.25) is 0 Å². The van der Waals surface area contributed by atoms with Crippen LogP contribution in [0.3, 0.4) is 0 Å². The van der Waals surface area contributed by atoms with Crippen LogP contribution in [0.15, 0.2) is 24.3 Å². The van der Waals surface area contributed by atoms with E-state index in [1.807, 2.05) is 0 Å². The summed E-state index contributed by atoms with van der Waals surface area (Å²) < 4.78 is 30.1. The fourth-order valence-corrected chi connectivity index (χ4v) is 1.24. The molecule has 13 heavy (non-hydrogen) atoms. The maximum Gasteiger partial charge on any atom is 0.382 e. The van der Waals surface area contributed by atoms with E-state index >= 15 is 0 Å². The molecule has 0 saturated heterocycles. The summed E-state index contributed by atoms with van der Waals surface area (Å²) in [5.74, 6) is -4.61. The maximum absolute atomic E-state index is 12.8. The molecule has 1 aromatic rings. The van der Waals surface area contributed by atoms with E-state index in [0.717, 1.165) is 0 Å². The fraction of sp³-hybridized carbons (Fsp3) is 0.222. The number of hydrogen-bond acceptors (Lipinski definition) is 2. The highest BCUT2D eigenvalue weighted by atomic mass is 19.3. The highest BCUT2D eigenvalue weighted by Gasteiger charge is 2.45. The van der Waals surface area contributed by atoms with Crippen molar-refractivity contribution in [2.45, 2.75) is 12.3 Å². The standard InChI is InChI=1S/C9H6F2O2/c10-9(11)5-6-3-1-2-4-7(6)13-8(9)12/h1-4H,5H2. The SMILES string of the molecule is O=C1Oc2ccccc2CC1(F)F. The van der Waals surface area contributed by atoms with Crippen molar-refractivity contribution in [1.29, 1.82) is 0 Å². The molecule has 0 unspecified atom stereocenters. The van der Waals surface area contributed by atoms with Crippen LogP contribution in [0.25, 0.3) is 0 Å². The number of rotatable bonds is 0. The Morgan fingerprint density at radius 1 is 1.31 bits per heavy atom. The molecule has 0 atom stereocenters. The summed E-state index contributed by atoms with van der Waals surface area (Å²) in [7, 11) is 0. The van der Waals surface area contributed by atoms with Gasteiger partial charge in [-0.2, -0.15) is 8.78 Å². The number of carbonyl (C=O) groups excluding carboxylic acids is 1. The number of esters is 1. The summed E-state index contributed by atoms with van der Waals surface area (Å²) in [4.78, 5) is 10.7. The number of carbonyl (C=O) groups is 1. The van der Waals surface area contributed by atoms with Gasteiger partial charge in [0.05, 0.1) is 6.42 Å². The zero-order chi connectivity index (χ0) is 9.47. The van der Waals surface area contributed by atoms with Crippen LogP contribution < -0.4 is 4.74 Å². The van der Waals surface area contributed by atoms with Crippen molar-refractivity contribution < 1.29 is 18.3 Å². The van der Waals surface area contributed by atoms with E-state index in [1.54, 1.807) is 12.1 Å². The second-order valence-corrected chi connectivity index (χ2v) is 2.88. The van der Waals surface area contributed by atoms with Gasteiger partial charge >= 0.3 is 11.9 Å². The number of ether oxygens (including phenoxy) is 1. The lowest BCUT2D eigenvalue weighted by Crippen LogP contribution is -2.38. The molecule has 0 spiro atoms. The molecule has 4 heteroatoms. The Morgan fingerprint density at radius 2 is 2.00 bits per heavy atom. The predicted molar refractivity (Wildman–Crippen MR) is 40.7 cm³/mol. The monoisotopic (exact) mass is 184 g/mol. The molecule has 0 amide bonds. The molecule has 1 aromatic carbocycles. The van der Waals surface area contributed by atoms with Crippen LogP contribution >= 0.6 is 0 Å². The Labute approximate surface area is 73.1 Å². The van der Waals surface area contributed by atoms with Gasteiger partial charge in [0.1, 0.15) is 5.75 Å². The van der Waals surface area contributed by atoms with Gasteiger partial charge in [0.15, 0.2) is 0 Å². The van der Waals surface area contributed by atoms with E-state index in [1.165, 1.54) is 12.1 Å². The third-order valence-corrected chi connectivity index (χ3v) is 1.89. The molecule has 0 N–H and O–H groups in total. The highest BCUT2D eigenvalue weighted by Crippen LogP contribution is 2.32. The van der Waals surface area contributed by atoms with Crippen LogP contribution in [0.5, 0.6) is 5.75 Å². The summed E-state index contributed by atoms with van der Waals surface area (Å²) >= 11 is 0. The van der Waals surface area contributed by atoms with E-state index in [4.69, 9.17) is 0 Å². The van der Waals surface area contributed by atoms with Gasteiger partial charge in [-0.15, -0.1) is 0 Å². The number of benzene rings is 1. The lowest BCUT2D eigenvalue weighted by Gasteiger charge is -2.22. The van der Waals surface area contributed by atoms with Crippen molar-refractivity contribution in [3.63, 3.8) is 0 Å². The van der Waals surface area contributed by atoms with Gasteiger partial charge in [-0.05, 0) is 6.07 Å². The number of para-hydroxylation sites is 1. The van der Waals surface area contributed by atoms with Crippen molar-refractivity contribution in [3.8, 4) is 5.75 Å². The maximum atomic E-state index is 12.8. The highest BCUT2D eigenvalue weighted by molar-refractivity contribution is 5.82. The number of hydrogen-bond donors (Lipinski definition) is 0. The normalized spacial score (nSPS) is 19.1. The third-order valence-electron chi connectivity index (χ3n) is 1.89. The van der Waals surface area contributed by atoms with Crippen molar-refractivity contribution in [1.82, 2.24) is 0 Å². The average molecular weight is 184 g/mol. The third kappa shape index (κ3) is 1.28. The van der Waals surface area contributed by atoms with Crippen LogP contribution in [0, 0.1) is 0 Å². The van der Waals surface area contributed by atoms with Gasteiger partial charge in [0.25, 0.3) is 0 Å². The summed E-state index contributed by atoms with van der Waals surface area (Å²) in [5.41, 5.74) is 0.368. The van der Waals surface area contributed by atoms with Crippen LogP contribution in [0.1, 0.15) is 5.56 Å². The fourth-order valence-electron chi connectivity index (χ4n) is 1.24. The van der Waals surface area contributed by atoms with E-state index in [-0.39, 0.29) is 5.75 Å². The first-order chi connectivity index (χ1) is 6.09. The Kier molecular flexibility index (Phi) is 1.58. The lowest BCUT2D eigenvalue weighted by atomic mass is 10.0. The van der Waals surface area contributed by atoms with Crippen molar-refractivity contribution in [3.05, 3.63) is 29.8 Å². The van der Waals surface area contributed by atoms with Gasteiger partial charge in [0.2, 0.25) is 0 Å². The van der Waals surface area contributed by atoms with E-state index in [0.29, 0.717) is 5.56 Å². The first kappa shape index (κ1) is 8.16. The Hall–Kier alpha value is -1.45. The second-order valence-electron chi connectivity index (χ2n) is 2.88. The quantitative estimate of drug-likeness (QED) is 0.453. The average Bonchev–Trinajstić information content (AvgIpc) is 2.06.